The molecule has 9 heavy (non-hydrogen) atoms. The number of hydrogen-bond donors (Lipinski definition) is 0. The second kappa shape index (κ2) is 10.0. The summed E-state index contributed by atoms with van der Waals surface area (Å²) >= 11 is 0. The van der Waals surface area contributed by atoms with Gasteiger partial charge in [0.25, 0.3) is 0 Å². The fourth-order valence-electron chi connectivity index (χ4n) is 0. The molecule has 0 saturated carbocycles. The zero-order chi connectivity index (χ0) is 7.70. The smallest absolute Gasteiger partial charge is 0.122 e. The molecule has 0 rings (SSSR count). The highest BCUT2D eigenvalue weighted by molar-refractivity contribution is 5.51. The second-order valence-corrected chi connectivity index (χ2v) is 1.71. The minimum absolute atomic E-state index is 0.204. The van der Waals surface area contributed by atoms with Gasteiger partial charge >= 0.3 is 0 Å². The van der Waals surface area contributed by atoms with Crippen molar-refractivity contribution in [1.29, 1.82) is 5.26 Å². The summed E-state index contributed by atoms with van der Waals surface area (Å²) < 4.78 is 0. The molecule has 0 bridgehead atoms. The van der Waals surface area contributed by atoms with Crippen LogP contribution in [0.3, 0.4) is 0 Å². The molecule has 0 aliphatic rings. The number of aldehydes is 1. The fraction of sp³-hybridized carbons (Fsp3) is 0.429. The van der Waals surface area contributed by atoms with Gasteiger partial charge < -0.3 is 4.79 Å². The van der Waals surface area contributed by atoms with E-state index >= 15 is 0 Å². The largest absolute Gasteiger partial charge is 0.303 e. The van der Waals surface area contributed by atoms with Gasteiger partial charge in [-0.15, -0.1) is 0 Å². The number of nitrogens with zero attached hydrogens (tertiary/aromatic N) is 1. The monoisotopic (exact) mass is 125 g/mol. The zero-order valence-electron chi connectivity index (χ0n) is 5.79. The van der Waals surface area contributed by atoms with Crippen molar-refractivity contribution in [3.63, 3.8) is 0 Å². The first-order chi connectivity index (χ1) is 4.18. The average Bonchev–Trinajstić information content (AvgIpc) is 1.89. The summed E-state index contributed by atoms with van der Waals surface area (Å²) in [7, 11) is 0. The van der Waals surface area contributed by atoms with Gasteiger partial charge in [-0.05, 0) is 0 Å². The molecule has 0 aliphatic heterocycles. The Hall–Kier alpha value is -1.10. The zero-order valence-corrected chi connectivity index (χ0v) is 5.79. The van der Waals surface area contributed by atoms with Crippen molar-refractivity contribution in [2.75, 3.05) is 0 Å². The van der Waals surface area contributed by atoms with Crippen LogP contribution in [0.4, 0.5) is 0 Å². The van der Waals surface area contributed by atoms with E-state index in [2.05, 4.69) is 6.58 Å². The van der Waals surface area contributed by atoms with E-state index in [0.29, 0.717) is 0 Å². The van der Waals surface area contributed by atoms with Crippen molar-refractivity contribution in [3.05, 3.63) is 12.7 Å². The lowest BCUT2D eigenvalue weighted by atomic mass is 10.3. The predicted molar refractivity (Wildman–Crippen MR) is 36.7 cm³/mol. The summed E-state index contributed by atoms with van der Waals surface area (Å²) in [6.07, 6.45) is 2.10. The number of carbonyl (C=O) groups excluding carboxylic acids is 1. The minimum Gasteiger partial charge on any atom is -0.303 e. The lowest BCUT2D eigenvalue weighted by Crippen LogP contribution is -1.82. The summed E-state index contributed by atoms with van der Waals surface area (Å²) in [5.41, 5.74) is 0. The molecule has 2 nitrogen and oxygen atoms in total. The molecular weight excluding hydrogens is 114 g/mol. The van der Waals surface area contributed by atoms with Crippen LogP contribution in [0, 0.1) is 17.2 Å². The van der Waals surface area contributed by atoms with Gasteiger partial charge in [0.15, 0.2) is 0 Å². The maximum atomic E-state index is 9.50. The molecule has 2 heteroatoms. The quantitative estimate of drug-likeness (QED) is 0.394. The molecule has 0 radical (unpaired) electrons. The average molecular weight is 125 g/mol. The van der Waals surface area contributed by atoms with Crippen molar-refractivity contribution in [1.82, 2.24) is 0 Å². The van der Waals surface area contributed by atoms with Crippen LogP contribution in [0.1, 0.15) is 13.8 Å². The van der Waals surface area contributed by atoms with E-state index in [4.69, 9.17) is 5.26 Å². The first-order valence-corrected chi connectivity index (χ1v) is 2.64. The lowest BCUT2D eigenvalue weighted by Gasteiger charge is -1.78. The lowest BCUT2D eigenvalue weighted by molar-refractivity contribution is -0.110. The van der Waals surface area contributed by atoms with E-state index in [1.807, 2.05) is 13.8 Å². The highest BCUT2D eigenvalue weighted by Gasteiger charge is 1.79. The van der Waals surface area contributed by atoms with Crippen LogP contribution in [0.2, 0.25) is 0 Å². The second-order valence-electron chi connectivity index (χ2n) is 1.71. The highest BCUT2D eigenvalue weighted by atomic mass is 16.1. The number of nitriles is 1. The van der Waals surface area contributed by atoms with Crippen molar-refractivity contribution >= 4 is 6.29 Å². The van der Waals surface area contributed by atoms with Crippen molar-refractivity contribution in [3.8, 4) is 6.07 Å². The maximum absolute atomic E-state index is 9.50. The van der Waals surface area contributed by atoms with Crippen molar-refractivity contribution in [2.24, 2.45) is 5.92 Å². The highest BCUT2D eigenvalue weighted by Crippen LogP contribution is 1.78. The molecule has 0 unspecified atom stereocenters. The van der Waals surface area contributed by atoms with Crippen LogP contribution >= 0.6 is 0 Å². The summed E-state index contributed by atoms with van der Waals surface area (Å²) in [6.45, 7) is 6.83. The summed E-state index contributed by atoms with van der Waals surface area (Å²) in [6, 6.07) is 1.69. The molecule has 0 atom stereocenters. The van der Waals surface area contributed by atoms with Crippen LogP contribution in [-0.4, -0.2) is 6.29 Å². The Bertz CT molecular complexity index is 111. The van der Waals surface area contributed by atoms with Gasteiger partial charge in [-0.25, -0.2) is 0 Å². The molecule has 0 saturated heterocycles. The van der Waals surface area contributed by atoms with Gasteiger partial charge in [-0.2, -0.15) is 5.26 Å². The third kappa shape index (κ3) is 45.9. The Morgan fingerprint density at radius 1 is 1.67 bits per heavy atom. The van der Waals surface area contributed by atoms with E-state index in [1.54, 1.807) is 6.07 Å². The van der Waals surface area contributed by atoms with Crippen LogP contribution in [0.15, 0.2) is 12.7 Å². The topological polar surface area (TPSA) is 40.9 Å². The summed E-state index contributed by atoms with van der Waals surface area (Å²) in [4.78, 5) is 9.50. The first kappa shape index (κ1) is 10.8. The number of carbonyl (C=O) groups is 1. The van der Waals surface area contributed by atoms with Gasteiger partial charge in [-0.3, -0.25) is 0 Å². The third-order valence-corrected chi connectivity index (χ3v) is 0.363. The summed E-state index contributed by atoms with van der Waals surface area (Å²) in [5, 5.41) is 7.51. The molecule has 0 spiro atoms. The fourth-order valence-corrected chi connectivity index (χ4v) is 0. The predicted octanol–water partition coefficient (Wildman–Crippen LogP) is 1.54. The van der Waals surface area contributed by atoms with Gasteiger partial charge in [0.05, 0.1) is 6.07 Å². The van der Waals surface area contributed by atoms with E-state index in [1.165, 1.54) is 6.08 Å². The Labute approximate surface area is 55.8 Å². The Morgan fingerprint density at radius 3 is 1.89 bits per heavy atom. The summed E-state index contributed by atoms with van der Waals surface area (Å²) in [5.74, 6) is 0.204. The molecule has 0 heterocycles. The van der Waals surface area contributed by atoms with Gasteiger partial charge in [0.2, 0.25) is 0 Å². The van der Waals surface area contributed by atoms with Crippen molar-refractivity contribution < 1.29 is 4.79 Å². The number of rotatable bonds is 1. The van der Waals surface area contributed by atoms with Crippen LogP contribution < -0.4 is 0 Å². The number of allylic oxidation sites excluding steroid dienone is 1. The van der Waals surface area contributed by atoms with E-state index < -0.39 is 0 Å². The molecule has 0 amide bonds. The van der Waals surface area contributed by atoms with Gasteiger partial charge in [0.1, 0.15) is 6.29 Å². The Morgan fingerprint density at radius 2 is 1.89 bits per heavy atom. The van der Waals surface area contributed by atoms with Gasteiger partial charge in [0, 0.05) is 12.0 Å². The Balaban J connectivity index is 0. The number of hydrogen-bond acceptors (Lipinski definition) is 2. The minimum atomic E-state index is 0.204. The van der Waals surface area contributed by atoms with Crippen LogP contribution in [0.5, 0.6) is 0 Å². The SMILES string of the molecule is C=CC#N.CC(C)C=O. The molecule has 0 aromatic rings. The van der Waals surface area contributed by atoms with E-state index in [9.17, 15) is 4.79 Å². The molecule has 0 aromatic carbocycles. The third-order valence-electron chi connectivity index (χ3n) is 0.363. The van der Waals surface area contributed by atoms with Crippen molar-refractivity contribution in [2.45, 2.75) is 13.8 Å². The molecule has 0 aromatic heterocycles. The molecule has 0 aliphatic carbocycles. The molecular formula is C7H11NO. The van der Waals surface area contributed by atoms with E-state index in [0.717, 1.165) is 6.29 Å². The maximum Gasteiger partial charge on any atom is 0.122 e. The first-order valence-electron chi connectivity index (χ1n) is 2.64. The van der Waals surface area contributed by atoms with Crippen LogP contribution in [-0.2, 0) is 4.79 Å². The standard InChI is InChI=1S/C4H8O.C3H3N/c1-4(2)3-5;1-2-3-4/h3-4H,1-2H3;2H,1H2. The van der Waals surface area contributed by atoms with Crippen LogP contribution in [0.25, 0.3) is 0 Å². The molecule has 0 fully saturated rings. The van der Waals surface area contributed by atoms with E-state index in [-0.39, 0.29) is 5.92 Å². The molecule has 0 N–H and O–H groups in total. The normalized spacial score (nSPS) is 6.44. The Kier molecular flexibility index (Phi) is 12.0. The molecule has 50 valence electrons. The van der Waals surface area contributed by atoms with Gasteiger partial charge in [-0.1, -0.05) is 20.4 Å².